The number of rotatable bonds is 0. The fourth-order valence-corrected chi connectivity index (χ4v) is 1.48. The fourth-order valence-electron chi connectivity index (χ4n) is 0.701. The number of carbonyl (C=O) groups is 1. The smallest absolute Gasteiger partial charge is 0.200 e. The van der Waals surface area contributed by atoms with Gasteiger partial charge in [0, 0.05) is 0 Å². The summed E-state index contributed by atoms with van der Waals surface area (Å²) in [6.45, 7) is 0. The van der Waals surface area contributed by atoms with Crippen LogP contribution in [0.1, 0.15) is 0 Å². The minimum Gasteiger partial charge on any atom is -0.290 e. The molecule has 8 heavy (non-hydrogen) atoms. The molecule has 3 aliphatic rings. The first kappa shape index (κ1) is 4.52. The molecule has 0 aromatic carbocycles. The molecule has 0 aliphatic carbocycles. The number of thioether (sulfide) groups is 1. The third-order valence-corrected chi connectivity index (χ3v) is 2.31. The molecule has 42 valence electrons. The van der Waals surface area contributed by atoms with Gasteiger partial charge in [-0.1, -0.05) is 11.8 Å². The van der Waals surface area contributed by atoms with Crippen LogP contribution in [0.15, 0.2) is 4.99 Å². The van der Waals surface area contributed by atoms with Crippen LogP contribution in [0.2, 0.25) is 0 Å². The molecule has 0 aromatic heterocycles. The lowest BCUT2D eigenvalue weighted by Gasteiger charge is -2.34. The quantitative estimate of drug-likeness (QED) is 0.482. The zero-order valence-corrected chi connectivity index (χ0v) is 4.81. The number of nitrogens with zero attached hydrogens (tertiary/aromatic N) is 1. The summed E-state index contributed by atoms with van der Waals surface area (Å²) in [5, 5.41) is 2.97. The van der Waals surface area contributed by atoms with E-state index < -0.39 is 0 Å². The van der Waals surface area contributed by atoms with E-state index in [0.717, 1.165) is 0 Å². The number of Topliss-reactive ketones (excluding diaryl/α,β-unsaturated/α-hetero) is 1. The van der Waals surface area contributed by atoms with Crippen LogP contribution in [0.5, 0.6) is 0 Å². The van der Waals surface area contributed by atoms with Crippen molar-refractivity contribution in [3.05, 3.63) is 0 Å². The second kappa shape index (κ2) is 1.33. The summed E-state index contributed by atoms with van der Waals surface area (Å²) in [6.07, 6.45) is 1.41. The molecule has 0 saturated carbocycles. The predicted molar refractivity (Wildman–Crippen MR) is 31.8 cm³/mol. The molecule has 2 atom stereocenters. The second-order valence-electron chi connectivity index (χ2n) is 1.72. The zero-order valence-electron chi connectivity index (χ0n) is 4.00. The van der Waals surface area contributed by atoms with Gasteiger partial charge in [-0.2, -0.15) is 0 Å². The van der Waals surface area contributed by atoms with Crippen molar-refractivity contribution in [3.8, 4) is 0 Å². The molecule has 1 saturated heterocycles. The highest BCUT2D eigenvalue weighted by molar-refractivity contribution is 8.02. The molecule has 0 aromatic rings. The number of aliphatic imine (C=N–C) groups is 1. The Hall–Kier alpha value is -0.350. The molecule has 2 bridgehead atoms. The van der Waals surface area contributed by atoms with Crippen molar-refractivity contribution in [2.45, 2.75) is 10.9 Å². The topological polar surface area (TPSA) is 41.5 Å². The maximum Gasteiger partial charge on any atom is 0.200 e. The number of nitrogens with one attached hydrogen (secondary N) is 1. The van der Waals surface area contributed by atoms with Crippen LogP contribution in [0, 0.1) is 0 Å². The van der Waals surface area contributed by atoms with E-state index in [4.69, 9.17) is 0 Å². The lowest BCUT2D eigenvalue weighted by molar-refractivity contribution is -0.113. The first-order chi connectivity index (χ1) is 3.86. The van der Waals surface area contributed by atoms with Gasteiger partial charge >= 0.3 is 0 Å². The number of hydrogen-bond donors (Lipinski definition) is 1. The maximum absolute atomic E-state index is 10.6. The lowest BCUT2D eigenvalue weighted by Crippen LogP contribution is -2.54. The first-order valence-electron chi connectivity index (χ1n) is 2.35. The van der Waals surface area contributed by atoms with E-state index in [2.05, 4.69) is 10.3 Å². The van der Waals surface area contributed by atoms with E-state index >= 15 is 0 Å². The predicted octanol–water partition coefficient (Wildman–Crippen LogP) is -0.414. The van der Waals surface area contributed by atoms with E-state index in [1.165, 1.54) is 6.21 Å². The minimum atomic E-state index is 0.0255. The first-order valence-corrected chi connectivity index (χ1v) is 3.29. The van der Waals surface area contributed by atoms with Crippen molar-refractivity contribution in [1.29, 1.82) is 0 Å². The van der Waals surface area contributed by atoms with Crippen LogP contribution in [-0.4, -0.2) is 22.9 Å². The van der Waals surface area contributed by atoms with Crippen LogP contribution < -0.4 is 5.32 Å². The van der Waals surface area contributed by atoms with Crippen LogP contribution in [-0.2, 0) is 4.79 Å². The molecule has 0 spiro atoms. The molecule has 2 unspecified atom stereocenters. The van der Waals surface area contributed by atoms with Gasteiger partial charge in [0.1, 0.15) is 10.9 Å². The van der Waals surface area contributed by atoms with Gasteiger partial charge in [-0.15, -0.1) is 0 Å². The van der Waals surface area contributed by atoms with E-state index in [1.807, 2.05) is 0 Å². The average Bonchev–Trinajstić information content (AvgIpc) is 1.62. The van der Waals surface area contributed by atoms with Crippen molar-refractivity contribution in [1.82, 2.24) is 5.32 Å². The van der Waals surface area contributed by atoms with Gasteiger partial charge in [-0.05, 0) is 0 Å². The Balaban J connectivity index is 2.30. The Morgan fingerprint density at radius 1 is 1.88 bits per heavy atom. The Bertz CT molecular complexity index is 161. The third-order valence-electron chi connectivity index (χ3n) is 1.15. The number of ketones is 1. The number of hydrogen-bond acceptors (Lipinski definition) is 4. The van der Waals surface area contributed by atoms with Crippen molar-refractivity contribution in [3.63, 3.8) is 0 Å². The second-order valence-corrected chi connectivity index (χ2v) is 2.91. The van der Waals surface area contributed by atoms with Crippen LogP contribution in [0.4, 0.5) is 0 Å². The van der Waals surface area contributed by atoms with E-state index in [9.17, 15) is 4.79 Å². The summed E-state index contributed by atoms with van der Waals surface area (Å²) in [4.78, 5) is 14.5. The van der Waals surface area contributed by atoms with Crippen molar-refractivity contribution >= 4 is 23.8 Å². The molecule has 3 nitrogen and oxygen atoms in total. The van der Waals surface area contributed by atoms with Gasteiger partial charge < -0.3 is 0 Å². The minimum absolute atomic E-state index is 0.0255. The number of carbonyl (C=O) groups excluding carboxylic acids is 1. The standard InChI is InChI=1S/C4H4N2OS/c7-2-1-5-4-6-3(2)8-4/h1,3-4,6H. The average molecular weight is 128 g/mol. The number of fused-ring (bicyclic) bond motifs is 1. The van der Waals surface area contributed by atoms with Gasteiger partial charge in [0.05, 0.1) is 6.21 Å². The lowest BCUT2D eigenvalue weighted by atomic mass is 10.4. The van der Waals surface area contributed by atoms with Crippen LogP contribution >= 0.6 is 11.8 Å². The highest BCUT2D eigenvalue weighted by atomic mass is 32.2. The van der Waals surface area contributed by atoms with Gasteiger partial charge in [0.25, 0.3) is 0 Å². The molecule has 1 fully saturated rings. The van der Waals surface area contributed by atoms with E-state index in [-0.39, 0.29) is 16.7 Å². The molecule has 0 radical (unpaired) electrons. The Labute approximate surface area is 50.6 Å². The highest BCUT2D eigenvalue weighted by Gasteiger charge is 2.36. The molecule has 0 amide bonds. The normalized spacial score (nSPS) is 41.8. The zero-order chi connectivity index (χ0) is 5.56. The molecule has 3 heterocycles. The molecular formula is C4H4N2OS. The molecule has 4 heteroatoms. The third kappa shape index (κ3) is 0.441. The largest absolute Gasteiger partial charge is 0.290 e. The summed E-state index contributed by atoms with van der Waals surface area (Å²) in [5.41, 5.74) is 0.178. The molecule has 3 rings (SSSR count). The highest BCUT2D eigenvalue weighted by Crippen LogP contribution is 2.29. The molecule has 3 aliphatic heterocycles. The maximum atomic E-state index is 10.6. The van der Waals surface area contributed by atoms with Gasteiger partial charge in [0.15, 0.2) is 0 Å². The fraction of sp³-hybridized carbons (Fsp3) is 0.500. The molecular weight excluding hydrogens is 124 g/mol. The van der Waals surface area contributed by atoms with Crippen molar-refractivity contribution in [2.75, 3.05) is 0 Å². The Morgan fingerprint density at radius 3 is 2.88 bits per heavy atom. The van der Waals surface area contributed by atoms with E-state index in [0.29, 0.717) is 0 Å². The van der Waals surface area contributed by atoms with Crippen LogP contribution in [0.25, 0.3) is 0 Å². The summed E-state index contributed by atoms with van der Waals surface area (Å²) in [6, 6.07) is 0. The van der Waals surface area contributed by atoms with E-state index in [1.54, 1.807) is 11.8 Å². The van der Waals surface area contributed by atoms with Crippen LogP contribution in [0.3, 0.4) is 0 Å². The van der Waals surface area contributed by atoms with Gasteiger partial charge in [-0.25, -0.2) is 0 Å². The van der Waals surface area contributed by atoms with Crippen molar-refractivity contribution in [2.24, 2.45) is 4.99 Å². The SMILES string of the molecule is O=C1C=NC2NC1S2. The molecule has 1 N–H and O–H groups in total. The summed E-state index contributed by atoms with van der Waals surface area (Å²) >= 11 is 1.56. The van der Waals surface area contributed by atoms with Gasteiger partial charge in [-0.3, -0.25) is 15.1 Å². The Kier molecular flexibility index (Phi) is 0.750. The van der Waals surface area contributed by atoms with Gasteiger partial charge in [0.2, 0.25) is 5.78 Å². The summed E-state index contributed by atoms with van der Waals surface area (Å²) in [7, 11) is 0. The summed E-state index contributed by atoms with van der Waals surface area (Å²) in [5.74, 6) is 0.0949. The Morgan fingerprint density at radius 2 is 2.62 bits per heavy atom. The van der Waals surface area contributed by atoms with Crippen molar-refractivity contribution < 1.29 is 4.79 Å². The summed E-state index contributed by atoms with van der Waals surface area (Å²) < 4.78 is 0. The monoisotopic (exact) mass is 128 g/mol.